The van der Waals surface area contributed by atoms with E-state index in [-0.39, 0.29) is 11.4 Å². The summed E-state index contributed by atoms with van der Waals surface area (Å²) >= 11 is 0. The molecule has 0 atom stereocenters. The van der Waals surface area contributed by atoms with Crippen molar-refractivity contribution in [2.45, 2.75) is 52.2 Å². The maximum absolute atomic E-state index is 11.7. The van der Waals surface area contributed by atoms with E-state index in [9.17, 15) is 9.90 Å². The molecule has 1 aliphatic rings. The summed E-state index contributed by atoms with van der Waals surface area (Å²) in [6.07, 6.45) is 0.549. The first-order valence-corrected chi connectivity index (χ1v) is 5.41. The van der Waals surface area contributed by atoms with Crippen LogP contribution < -0.4 is 0 Å². The Labute approximate surface area is 91.8 Å². The fourth-order valence-electron chi connectivity index (χ4n) is 1.98. The first kappa shape index (κ1) is 12.5. The molecule has 1 saturated heterocycles. The zero-order valence-corrected chi connectivity index (χ0v) is 10.4. The van der Waals surface area contributed by atoms with Gasteiger partial charge < -0.3 is 5.11 Å². The molecule has 0 saturated carbocycles. The predicted molar refractivity (Wildman–Crippen MR) is 59.1 cm³/mol. The number of rotatable bonds is 2. The quantitative estimate of drug-likeness (QED) is 0.746. The summed E-state index contributed by atoms with van der Waals surface area (Å²) in [5, 5.41) is 13.5. The molecule has 88 valence electrons. The van der Waals surface area contributed by atoms with Crippen molar-refractivity contribution < 1.29 is 9.90 Å². The van der Waals surface area contributed by atoms with Gasteiger partial charge in [-0.1, -0.05) is 0 Å². The number of nitrogens with zero attached hydrogens (tertiary/aromatic N) is 2. The second kappa shape index (κ2) is 3.76. The lowest BCUT2D eigenvalue weighted by Gasteiger charge is -2.40. The van der Waals surface area contributed by atoms with Gasteiger partial charge in [0, 0.05) is 19.5 Å². The van der Waals surface area contributed by atoms with E-state index in [4.69, 9.17) is 0 Å². The first-order valence-electron chi connectivity index (χ1n) is 5.41. The largest absolute Gasteiger partial charge is 0.389 e. The van der Waals surface area contributed by atoms with Gasteiger partial charge in [-0.2, -0.15) is 0 Å². The van der Waals surface area contributed by atoms with Gasteiger partial charge >= 0.3 is 0 Å². The number of hydrogen-bond acceptors (Lipinski definition) is 3. The fourth-order valence-corrected chi connectivity index (χ4v) is 1.98. The number of hydrogen-bond donors (Lipinski definition) is 1. The first-order chi connectivity index (χ1) is 6.61. The van der Waals surface area contributed by atoms with E-state index in [1.165, 1.54) is 0 Å². The van der Waals surface area contributed by atoms with E-state index in [1.54, 1.807) is 18.9 Å². The molecule has 0 aromatic heterocycles. The van der Waals surface area contributed by atoms with Crippen LogP contribution in [0.1, 0.15) is 41.0 Å². The number of amides is 1. The summed E-state index contributed by atoms with van der Waals surface area (Å²) in [4.78, 5) is 11.7. The molecule has 1 fully saturated rings. The molecule has 0 spiro atoms. The molecule has 1 aliphatic heterocycles. The Kier molecular flexibility index (Phi) is 3.12. The van der Waals surface area contributed by atoms with Crippen molar-refractivity contribution in [1.82, 2.24) is 10.0 Å². The molecule has 1 amide bonds. The van der Waals surface area contributed by atoms with Crippen LogP contribution >= 0.6 is 0 Å². The highest BCUT2D eigenvalue weighted by Gasteiger charge is 2.38. The van der Waals surface area contributed by atoms with Crippen LogP contribution in [0.3, 0.4) is 0 Å². The number of carbonyl (C=O) groups is 1. The summed E-state index contributed by atoms with van der Waals surface area (Å²) in [6, 6.07) is 0. The third-order valence-electron chi connectivity index (χ3n) is 2.31. The summed E-state index contributed by atoms with van der Waals surface area (Å²) in [6.45, 7) is 10.7. The number of aliphatic hydroxyl groups is 1. The molecule has 1 N–H and O–H groups in total. The van der Waals surface area contributed by atoms with Crippen molar-refractivity contribution in [3.05, 3.63) is 0 Å². The molecule has 1 rings (SSSR count). The molecule has 15 heavy (non-hydrogen) atoms. The van der Waals surface area contributed by atoms with Crippen molar-refractivity contribution in [2.75, 3.05) is 13.1 Å². The molecule has 0 aliphatic carbocycles. The molecule has 4 nitrogen and oxygen atoms in total. The van der Waals surface area contributed by atoms with Gasteiger partial charge in [-0.25, -0.2) is 5.01 Å². The minimum Gasteiger partial charge on any atom is -0.389 e. The van der Waals surface area contributed by atoms with Gasteiger partial charge in [-0.15, -0.1) is 0 Å². The van der Waals surface area contributed by atoms with Crippen LogP contribution in [0.25, 0.3) is 0 Å². The maximum Gasteiger partial charge on any atom is 0.238 e. The van der Waals surface area contributed by atoms with Crippen LogP contribution in [0.4, 0.5) is 0 Å². The second-order valence-corrected chi connectivity index (χ2v) is 5.83. The van der Waals surface area contributed by atoms with Crippen molar-refractivity contribution in [3.8, 4) is 0 Å². The lowest BCUT2D eigenvalue weighted by molar-refractivity contribution is -0.153. The Morgan fingerprint density at radius 3 is 2.20 bits per heavy atom. The van der Waals surface area contributed by atoms with Gasteiger partial charge in [-0.3, -0.25) is 9.80 Å². The summed E-state index contributed by atoms with van der Waals surface area (Å²) in [5.74, 6) is 0.145. The van der Waals surface area contributed by atoms with Gasteiger partial charge in [-0.05, 0) is 34.6 Å². The second-order valence-electron chi connectivity index (χ2n) is 5.83. The van der Waals surface area contributed by atoms with Gasteiger partial charge in [0.1, 0.15) is 0 Å². The molecule has 0 aromatic carbocycles. The monoisotopic (exact) mass is 214 g/mol. The average molecular weight is 214 g/mol. The van der Waals surface area contributed by atoms with E-state index in [1.807, 2.05) is 25.8 Å². The van der Waals surface area contributed by atoms with Crippen LogP contribution in [0.15, 0.2) is 0 Å². The zero-order valence-electron chi connectivity index (χ0n) is 10.4. The van der Waals surface area contributed by atoms with E-state index in [0.29, 0.717) is 19.5 Å². The van der Waals surface area contributed by atoms with Gasteiger partial charge in [0.25, 0.3) is 0 Å². The average Bonchev–Trinajstić information content (AvgIpc) is 2.25. The highest BCUT2D eigenvalue weighted by molar-refractivity contribution is 5.78. The maximum atomic E-state index is 11.7. The lowest BCUT2D eigenvalue weighted by Crippen LogP contribution is -2.54. The van der Waals surface area contributed by atoms with Gasteiger partial charge in [0.05, 0.1) is 11.1 Å². The minimum absolute atomic E-state index is 0.145. The van der Waals surface area contributed by atoms with Crippen LogP contribution in [-0.4, -0.2) is 45.3 Å². The molecular weight excluding hydrogens is 192 g/mol. The Hall–Kier alpha value is -0.610. The number of carbonyl (C=O) groups excluding carboxylic acids is 1. The Balaban J connectivity index is 2.78. The van der Waals surface area contributed by atoms with Crippen LogP contribution in [0.5, 0.6) is 0 Å². The Bertz CT molecular complexity index is 250. The van der Waals surface area contributed by atoms with Crippen molar-refractivity contribution in [3.63, 3.8) is 0 Å². The lowest BCUT2D eigenvalue weighted by atomic mass is 10.1. The molecule has 0 bridgehead atoms. The SMILES string of the molecule is CC(C)(O)CN1CCC(=O)N1C(C)(C)C. The summed E-state index contributed by atoms with van der Waals surface area (Å²) < 4.78 is 0. The number of hydrazine groups is 1. The van der Waals surface area contributed by atoms with Gasteiger partial charge in [0.15, 0.2) is 0 Å². The highest BCUT2D eigenvalue weighted by Crippen LogP contribution is 2.24. The molecule has 0 aromatic rings. The zero-order chi connectivity index (χ0) is 11.9. The third kappa shape index (κ3) is 3.18. The van der Waals surface area contributed by atoms with Gasteiger partial charge in [0.2, 0.25) is 5.91 Å². The van der Waals surface area contributed by atoms with E-state index >= 15 is 0 Å². The molecular formula is C11H22N2O2. The fraction of sp³-hybridized carbons (Fsp3) is 0.909. The van der Waals surface area contributed by atoms with E-state index < -0.39 is 5.60 Å². The molecule has 4 heteroatoms. The number of β-amino-alcohol motifs (C(OH)–C–C–N with tert-alkyl or cyclic N) is 1. The topological polar surface area (TPSA) is 43.8 Å². The van der Waals surface area contributed by atoms with Crippen molar-refractivity contribution >= 4 is 5.91 Å². The minimum atomic E-state index is -0.770. The predicted octanol–water partition coefficient (Wildman–Crippen LogP) is 1.01. The molecule has 0 unspecified atom stereocenters. The van der Waals surface area contributed by atoms with E-state index in [0.717, 1.165) is 0 Å². The van der Waals surface area contributed by atoms with Crippen LogP contribution in [-0.2, 0) is 4.79 Å². The summed E-state index contributed by atoms with van der Waals surface area (Å²) in [5.41, 5.74) is -0.979. The standard InChI is InChI=1S/C11H22N2O2/c1-10(2,3)13-9(14)6-7-12(13)8-11(4,5)15/h15H,6-8H2,1-5H3. The third-order valence-corrected chi connectivity index (χ3v) is 2.31. The summed E-state index contributed by atoms with van der Waals surface area (Å²) in [7, 11) is 0. The molecule has 0 radical (unpaired) electrons. The Morgan fingerprint density at radius 2 is 1.80 bits per heavy atom. The smallest absolute Gasteiger partial charge is 0.238 e. The Morgan fingerprint density at radius 1 is 1.27 bits per heavy atom. The van der Waals surface area contributed by atoms with Crippen LogP contribution in [0, 0.1) is 0 Å². The normalized spacial score (nSPS) is 20.1. The van der Waals surface area contributed by atoms with Crippen LogP contribution in [0.2, 0.25) is 0 Å². The highest BCUT2D eigenvalue weighted by atomic mass is 16.3. The van der Waals surface area contributed by atoms with E-state index in [2.05, 4.69) is 0 Å². The van der Waals surface area contributed by atoms with Crippen molar-refractivity contribution in [1.29, 1.82) is 0 Å². The molecule has 1 heterocycles. The van der Waals surface area contributed by atoms with Crippen molar-refractivity contribution in [2.24, 2.45) is 0 Å².